The van der Waals surface area contributed by atoms with E-state index in [1.54, 1.807) is 6.08 Å². The molecule has 80 valence electrons. The molecule has 0 aliphatic rings. The van der Waals surface area contributed by atoms with E-state index in [-0.39, 0.29) is 22.9 Å². The monoisotopic (exact) mass is 227 g/mol. The molecule has 0 bridgehead atoms. The maximum atomic E-state index is 12.8. The highest BCUT2D eigenvalue weighted by atomic mass is 35.5. The van der Waals surface area contributed by atoms with Gasteiger partial charge in [0.2, 0.25) is 0 Å². The minimum atomic E-state index is -0.466. The van der Waals surface area contributed by atoms with Crippen LogP contribution in [0.3, 0.4) is 0 Å². The van der Waals surface area contributed by atoms with Crippen molar-refractivity contribution in [2.75, 3.05) is 13.1 Å². The molecule has 0 heterocycles. The summed E-state index contributed by atoms with van der Waals surface area (Å²) < 4.78 is 12.8. The standard InChI is InChI=1S/C11H11ClFNO/c1-2-5-14-7-11(15)9-6-8(13)3-4-10(9)12/h2-4,6,14H,1,5,7H2. The van der Waals surface area contributed by atoms with E-state index in [1.807, 2.05) is 0 Å². The minimum absolute atomic E-state index is 0.120. The van der Waals surface area contributed by atoms with Crippen LogP contribution in [0.2, 0.25) is 5.02 Å². The zero-order chi connectivity index (χ0) is 11.3. The van der Waals surface area contributed by atoms with Crippen LogP contribution in [0, 0.1) is 5.82 Å². The minimum Gasteiger partial charge on any atom is -0.306 e. The van der Waals surface area contributed by atoms with Crippen molar-refractivity contribution in [3.05, 3.63) is 47.3 Å². The SMILES string of the molecule is C=CCNCC(=O)c1cc(F)ccc1Cl. The van der Waals surface area contributed by atoms with Gasteiger partial charge in [-0.25, -0.2) is 4.39 Å². The van der Waals surface area contributed by atoms with Crippen molar-refractivity contribution in [1.29, 1.82) is 0 Å². The molecule has 0 amide bonds. The lowest BCUT2D eigenvalue weighted by Gasteiger charge is -2.03. The number of ketones is 1. The van der Waals surface area contributed by atoms with E-state index in [9.17, 15) is 9.18 Å². The van der Waals surface area contributed by atoms with Gasteiger partial charge < -0.3 is 5.32 Å². The molecule has 0 spiro atoms. The highest BCUT2D eigenvalue weighted by Crippen LogP contribution is 2.17. The van der Waals surface area contributed by atoms with E-state index in [2.05, 4.69) is 11.9 Å². The van der Waals surface area contributed by atoms with Crippen LogP contribution in [0.1, 0.15) is 10.4 Å². The lowest BCUT2D eigenvalue weighted by Crippen LogP contribution is -2.23. The van der Waals surface area contributed by atoms with Crippen LogP contribution in [0.15, 0.2) is 30.9 Å². The smallest absolute Gasteiger partial charge is 0.178 e. The van der Waals surface area contributed by atoms with E-state index in [1.165, 1.54) is 12.1 Å². The lowest BCUT2D eigenvalue weighted by molar-refractivity contribution is 0.0992. The Balaban J connectivity index is 2.72. The third-order valence-corrected chi connectivity index (χ3v) is 2.13. The average molecular weight is 228 g/mol. The van der Waals surface area contributed by atoms with Gasteiger partial charge in [0.1, 0.15) is 5.82 Å². The fourth-order valence-electron chi connectivity index (χ4n) is 1.09. The summed E-state index contributed by atoms with van der Waals surface area (Å²) in [4.78, 5) is 11.5. The molecule has 1 aromatic carbocycles. The van der Waals surface area contributed by atoms with Crippen LogP contribution >= 0.6 is 11.6 Å². The lowest BCUT2D eigenvalue weighted by atomic mass is 10.1. The number of Topliss-reactive ketones (excluding diaryl/α,β-unsaturated/α-hetero) is 1. The van der Waals surface area contributed by atoms with Gasteiger partial charge in [-0.05, 0) is 18.2 Å². The summed E-state index contributed by atoms with van der Waals surface area (Å²) in [5.41, 5.74) is 0.202. The van der Waals surface area contributed by atoms with Crippen LogP contribution in [-0.4, -0.2) is 18.9 Å². The molecule has 0 aliphatic heterocycles. The molecule has 0 fully saturated rings. The van der Waals surface area contributed by atoms with Crippen LogP contribution < -0.4 is 5.32 Å². The number of carbonyl (C=O) groups excluding carboxylic acids is 1. The summed E-state index contributed by atoms with van der Waals surface area (Å²) >= 11 is 5.77. The predicted octanol–water partition coefficient (Wildman–Crippen LogP) is 2.44. The van der Waals surface area contributed by atoms with Gasteiger partial charge in [0.15, 0.2) is 5.78 Å². The van der Waals surface area contributed by atoms with Crippen molar-refractivity contribution in [2.24, 2.45) is 0 Å². The molecule has 0 aromatic heterocycles. The van der Waals surface area contributed by atoms with Crippen molar-refractivity contribution in [2.45, 2.75) is 0 Å². The van der Waals surface area contributed by atoms with Gasteiger partial charge in [0, 0.05) is 12.1 Å². The number of benzene rings is 1. The topological polar surface area (TPSA) is 29.1 Å². The Morgan fingerprint density at radius 3 is 3.00 bits per heavy atom. The Morgan fingerprint density at radius 1 is 1.60 bits per heavy atom. The van der Waals surface area contributed by atoms with Crippen molar-refractivity contribution >= 4 is 17.4 Å². The molecule has 1 N–H and O–H groups in total. The third kappa shape index (κ3) is 3.46. The zero-order valence-corrected chi connectivity index (χ0v) is 8.85. The summed E-state index contributed by atoms with van der Waals surface area (Å²) in [7, 11) is 0. The predicted molar refractivity (Wildman–Crippen MR) is 58.8 cm³/mol. The summed E-state index contributed by atoms with van der Waals surface area (Å²) in [5.74, 6) is -0.701. The zero-order valence-electron chi connectivity index (χ0n) is 8.09. The van der Waals surface area contributed by atoms with Gasteiger partial charge in [-0.2, -0.15) is 0 Å². The third-order valence-electron chi connectivity index (χ3n) is 1.80. The Kier molecular flexibility index (Phi) is 4.46. The molecule has 0 aliphatic carbocycles. The molecule has 1 rings (SSSR count). The number of hydrogen-bond acceptors (Lipinski definition) is 2. The largest absolute Gasteiger partial charge is 0.306 e. The van der Waals surface area contributed by atoms with Gasteiger partial charge in [-0.3, -0.25) is 4.79 Å². The van der Waals surface area contributed by atoms with E-state index in [4.69, 9.17) is 11.6 Å². The van der Waals surface area contributed by atoms with Gasteiger partial charge in [-0.1, -0.05) is 17.7 Å². The van der Waals surface area contributed by atoms with E-state index < -0.39 is 5.82 Å². The maximum absolute atomic E-state index is 12.8. The molecular formula is C11H11ClFNO. The Morgan fingerprint density at radius 2 is 2.33 bits per heavy atom. The van der Waals surface area contributed by atoms with Crippen molar-refractivity contribution in [3.8, 4) is 0 Å². The van der Waals surface area contributed by atoms with Crippen LogP contribution in [0.25, 0.3) is 0 Å². The van der Waals surface area contributed by atoms with Crippen molar-refractivity contribution in [3.63, 3.8) is 0 Å². The molecule has 15 heavy (non-hydrogen) atoms. The molecule has 0 radical (unpaired) electrons. The number of halogens is 2. The second kappa shape index (κ2) is 5.63. The second-order valence-electron chi connectivity index (χ2n) is 2.97. The fourth-order valence-corrected chi connectivity index (χ4v) is 1.32. The summed E-state index contributed by atoms with van der Waals surface area (Å²) in [6.07, 6.45) is 1.64. The first-order valence-corrected chi connectivity index (χ1v) is 4.83. The Hall–Kier alpha value is -1.19. The highest BCUT2D eigenvalue weighted by Gasteiger charge is 2.10. The molecule has 2 nitrogen and oxygen atoms in total. The van der Waals surface area contributed by atoms with Gasteiger partial charge in [0.05, 0.1) is 11.6 Å². The first kappa shape index (κ1) is 11.9. The highest BCUT2D eigenvalue weighted by molar-refractivity contribution is 6.34. The quantitative estimate of drug-likeness (QED) is 0.476. The molecule has 0 atom stereocenters. The molecular weight excluding hydrogens is 217 g/mol. The fraction of sp³-hybridized carbons (Fsp3) is 0.182. The van der Waals surface area contributed by atoms with E-state index in [0.29, 0.717) is 6.54 Å². The molecule has 4 heteroatoms. The first-order chi connectivity index (χ1) is 7.15. The van der Waals surface area contributed by atoms with Crippen molar-refractivity contribution in [1.82, 2.24) is 5.32 Å². The number of nitrogens with one attached hydrogen (secondary N) is 1. The van der Waals surface area contributed by atoms with Crippen LogP contribution in [0.4, 0.5) is 4.39 Å². The van der Waals surface area contributed by atoms with E-state index >= 15 is 0 Å². The van der Waals surface area contributed by atoms with Crippen molar-refractivity contribution < 1.29 is 9.18 Å². The number of hydrogen-bond donors (Lipinski definition) is 1. The second-order valence-corrected chi connectivity index (χ2v) is 3.37. The van der Waals surface area contributed by atoms with Gasteiger partial charge in [-0.15, -0.1) is 6.58 Å². The van der Waals surface area contributed by atoms with Gasteiger partial charge >= 0.3 is 0 Å². The van der Waals surface area contributed by atoms with Crippen LogP contribution in [0.5, 0.6) is 0 Å². The number of rotatable bonds is 5. The first-order valence-electron chi connectivity index (χ1n) is 4.45. The van der Waals surface area contributed by atoms with Crippen LogP contribution in [-0.2, 0) is 0 Å². The summed E-state index contributed by atoms with van der Waals surface area (Å²) in [6.45, 7) is 4.15. The average Bonchev–Trinajstić information content (AvgIpc) is 2.22. The summed E-state index contributed by atoms with van der Waals surface area (Å²) in [5, 5.41) is 3.10. The Labute approximate surface area is 92.7 Å². The molecule has 0 saturated heterocycles. The maximum Gasteiger partial charge on any atom is 0.178 e. The normalized spacial score (nSPS) is 10.0. The molecule has 1 aromatic rings. The number of carbonyl (C=O) groups is 1. The Bertz CT molecular complexity index is 379. The summed E-state index contributed by atoms with van der Waals surface area (Å²) in [6, 6.07) is 3.73. The van der Waals surface area contributed by atoms with Gasteiger partial charge in [0.25, 0.3) is 0 Å². The van der Waals surface area contributed by atoms with E-state index in [0.717, 1.165) is 6.07 Å². The molecule has 0 saturated carbocycles. The molecule has 0 unspecified atom stereocenters.